The molecule has 1 amide bonds. The molecule has 1 atom stereocenters. The second-order valence-electron chi connectivity index (χ2n) is 4.34. The predicted molar refractivity (Wildman–Crippen MR) is 74.5 cm³/mol. The van der Waals surface area contributed by atoms with Gasteiger partial charge in [0.2, 0.25) is 23.1 Å². The van der Waals surface area contributed by atoms with Crippen molar-refractivity contribution in [1.82, 2.24) is 20.3 Å². The average Bonchev–Trinajstić information content (AvgIpc) is 2.43. The minimum absolute atomic E-state index is 0.00621. The summed E-state index contributed by atoms with van der Waals surface area (Å²) in [4.78, 5) is 25.6. The van der Waals surface area contributed by atoms with Crippen LogP contribution < -0.4 is 16.0 Å². The topological polar surface area (TPSA) is 106 Å². The van der Waals surface area contributed by atoms with Gasteiger partial charge in [-0.1, -0.05) is 6.92 Å². The fraction of sp³-hybridized carbons (Fsp3) is 0.636. The summed E-state index contributed by atoms with van der Waals surface area (Å²) < 4.78 is 5.36. The van der Waals surface area contributed by atoms with Gasteiger partial charge in [0.1, 0.15) is 6.04 Å². The second-order valence-corrected chi connectivity index (χ2v) is 4.68. The van der Waals surface area contributed by atoms with Crippen LogP contribution in [0, 0.1) is 0 Å². The van der Waals surface area contributed by atoms with Crippen LogP contribution in [0.3, 0.4) is 0 Å². The number of carbonyl (C=O) groups is 1. The number of hydrogen-bond donors (Lipinski definition) is 2. The van der Waals surface area contributed by atoms with Crippen LogP contribution in [0.4, 0.5) is 11.9 Å². The summed E-state index contributed by atoms with van der Waals surface area (Å²) in [6.07, 6.45) is 0.865. The van der Waals surface area contributed by atoms with E-state index < -0.39 is 6.04 Å². The number of nitrogens with zero attached hydrogens (tertiary/aromatic N) is 4. The highest BCUT2D eigenvalue weighted by Crippen LogP contribution is 2.17. The highest BCUT2D eigenvalue weighted by atomic mass is 35.5. The summed E-state index contributed by atoms with van der Waals surface area (Å²) in [5.41, 5.74) is 5.56. The number of hydrogen-bond acceptors (Lipinski definition) is 7. The third kappa shape index (κ3) is 3.45. The van der Waals surface area contributed by atoms with E-state index in [4.69, 9.17) is 22.1 Å². The van der Waals surface area contributed by atoms with Crippen LogP contribution in [-0.4, -0.2) is 53.2 Å². The molecule has 1 saturated heterocycles. The van der Waals surface area contributed by atoms with Gasteiger partial charge >= 0.3 is 0 Å². The molecule has 20 heavy (non-hydrogen) atoms. The lowest BCUT2D eigenvalue weighted by Gasteiger charge is -2.34. The van der Waals surface area contributed by atoms with Gasteiger partial charge in [0.15, 0.2) is 0 Å². The summed E-state index contributed by atoms with van der Waals surface area (Å²) >= 11 is 5.78. The first-order valence-electron chi connectivity index (χ1n) is 6.41. The Morgan fingerprint density at radius 3 is 3.05 bits per heavy atom. The van der Waals surface area contributed by atoms with Crippen molar-refractivity contribution < 1.29 is 9.53 Å². The molecule has 0 aromatic carbocycles. The maximum Gasteiger partial charge on any atom is 0.245 e. The quantitative estimate of drug-likeness (QED) is 0.795. The number of nitrogen functional groups attached to an aromatic ring is 1. The molecule has 0 saturated carbocycles. The third-order valence-corrected chi connectivity index (χ3v) is 3.02. The lowest BCUT2D eigenvalue weighted by atomic mass is 10.2. The average molecular weight is 301 g/mol. The van der Waals surface area contributed by atoms with Gasteiger partial charge in [-0.2, -0.15) is 15.0 Å². The molecule has 1 aliphatic heterocycles. The van der Waals surface area contributed by atoms with Gasteiger partial charge in [-0.25, -0.2) is 0 Å². The van der Waals surface area contributed by atoms with E-state index in [2.05, 4.69) is 20.3 Å². The summed E-state index contributed by atoms with van der Waals surface area (Å²) in [6.45, 7) is 3.86. The Kier molecular flexibility index (Phi) is 4.91. The summed E-state index contributed by atoms with van der Waals surface area (Å²) in [7, 11) is 0. The van der Waals surface area contributed by atoms with Crippen molar-refractivity contribution in [3.8, 4) is 0 Å². The standard InChI is InChI=1S/C11H17ClN6O2/c1-2-3-14-8(19)7-6-20-5-4-18(7)11-16-9(12)15-10(13)17-11/h7H,2-6H2,1H3,(H,14,19)(H2,13,15,16,17). The van der Waals surface area contributed by atoms with E-state index >= 15 is 0 Å². The Bertz CT molecular complexity index is 466. The number of carbonyl (C=O) groups excluding carboxylic acids is 1. The maximum absolute atomic E-state index is 12.1. The number of amides is 1. The number of nitrogens with two attached hydrogens (primary N) is 1. The van der Waals surface area contributed by atoms with E-state index in [9.17, 15) is 4.79 Å². The van der Waals surface area contributed by atoms with Crippen LogP contribution in [0.25, 0.3) is 0 Å². The van der Waals surface area contributed by atoms with E-state index in [1.54, 1.807) is 4.90 Å². The molecule has 1 aliphatic rings. The Labute approximate surface area is 121 Å². The number of nitrogens with one attached hydrogen (secondary N) is 1. The number of ether oxygens (including phenoxy) is 1. The molecule has 0 bridgehead atoms. The van der Waals surface area contributed by atoms with Crippen molar-refractivity contribution in [3.05, 3.63) is 5.28 Å². The fourth-order valence-electron chi connectivity index (χ4n) is 1.91. The number of aromatic nitrogens is 3. The van der Waals surface area contributed by atoms with Gasteiger partial charge < -0.3 is 20.7 Å². The Morgan fingerprint density at radius 2 is 2.35 bits per heavy atom. The first-order chi connectivity index (χ1) is 9.61. The van der Waals surface area contributed by atoms with Crippen LogP contribution in [0.2, 0.25) is 5.28 Å². The van der Waals surface area contributed by atoms with Crippen molar-refractivity contribution in [1.29, 1.82) is 0 Å². The summed E-state index contributed by atoms with van der Waals surface area (Å²) in [5, 5.41) is 2.84. The lowest BCUT2D eigenvalue weighted by molar-refractivity contribution is -0.124. The van der Waals surface area contributed by atoms with Crippen molar-refractivity contribution in [2.75, 3.05) is 36.9 Å². The van der Waals surface area contributed by atoms with Crippen LogP contribution >= 0.6 is 11.6 Å². The van der Waals surface area contributed by atoms with Gasteiger partial charge in [-0.05, 0) is 18.0 Å². The van der Waals surface area contributed by atoms with Gasteiger partial charge in [-0.3, -0.25) is 4.79 Å². The second kappa shape index (κ2) is 6.67. The molecule has 1 aromatic heterocycles. The summed E-state index contributed by atoms with van der Waals surface area (Å²) in [6, 6.07) is -0.492. The third-order valence-electron chi connectivity index (χ3n) is 2.85. The molecule has 110 valence electrons. The smallest absolute Gasteiger partial charge is 0.245 e. The van der Waals surface area contributed by atoms with Crippen LogP contribution in [0.15, 0.2) is 0 Å². The van der Waals surface area contributed by atoms with Gasteiger partial charge in [0.05, 0.1) is 13.2 Å². The molecule has 9 heteroatoms. The number of halogens is 1. The molecule has 2 rings (SSSR count). The SMILES string of the molecule is CCCNC(=O)C1COCCN1c1nc(N)nc(Cl)n1. The monoisotopic (exact) mass is 300 g/mol. The zero-order valence-corrected chi connectivity index (χ0v) is 11.9. The fourth-order valence-corrected chi connectivity index (χ4v) is 2.07. The van der Waals surface area contributed by atoms with Gasteiger partial charge in [-0.15, -0.1) is 0 Å². The van der Waals surface area contributed by atoms with Crippen LogP contribution in [0.5, 0.6) is 0 Å². The minimum Gasteiger partial charge on any atom is -0.377 e. The molecule has 3 N–H and O–H groups in total. The molecular formula is C11H17ClN6O2. The molecule has 8 nitrogen and oxygen atoms in total. The van der Waals surface area contributed by atoms with Crippen molar-refractivity contribution in [2.24, 2.45) is 0 Å². The Balaban J connectivity index is 2.19. The normalized spacial score (nSPS) is 18.9. The molecule has 1 unspecified atom stereocenters. The predicted octanol–water partition coefficient (Wildman–Crippen LogP) is -0.161. The minimum atomic E-state index is -0.492. The van der Waals surface area contributed by atoms with Crippen molar-refractivity contribution >= 4 is 29.4 Å². The van der Waals surface area contributed by atoms with E-state index in [-0.39, 0.29) is 23.7 Å². The molecular weight excluding hydrogens is 284 g/mol. The largest absolute Gasteiger partial charge is 0.377 e. The number of morpholine rings is 1. The number of rotatable bonds is 4. The highest BCUT2D eigenvalue weighted by Gasteiger charge is 2.31. The van der Waals surface area contributed by atoms with Gasteiger partial charge in [0, 0.05) is 13.1 Å². The molecule has 0 spiro atoms. The van der Waals surface area contributed by atoms with Gasteiger partial charge in [0.25, 0.3) is 0 Å². The van der Waals surface area contributed by atoms with E-state index in [1.165, 1.54) is 0 Å². The van der Waals surface area contributed by atoms with E-state index in [0.717, 1.165) is 6.42 Å². The molecule has 0 radical (unpaired) electrons. The van der Waals surface area contributed by atoms with Crippen LogP contribution in [-0.2, 0) is 9.53 Å². The molecule has 0 aliphatic carbocycles. The molecule has 2 heterocycles. The van der Waals surface area contributed by atoms with E-state index in [1.807, 2.05) is 6.92 Å². The van der Waals surface area contributed by atoms with Crippen LogP contribution in [0.1, 0.15) is 13.3 Å². The molecule has 1 aromatic rings. The van der Waals surface area contributed by atoms with Crippen molar-refractivity contribution in [3.63, 3.8) is 0 Å². The van der Waals surface area contributed by atoms with Crippen molar-refractivity contribution in [2.45, 2.75) is 19.4 Å². The molecule has 1 fully saturated rings. The zero-order chi connectivity index (χ0) is 14.5. The lowest BCUT2D eigenvalue weighted by Crippen LogP contribution is -2.54. The first-order valence-corrected chi connectivity index (χ1v) is 6.78. The highest BCUT2D eigenvalue weighted by molar-refractivity contribution is 6.28. The van der Waals surface area contributed by atoms with E-state index in [0.29, 0.717) is 25.6 Å². The first kappa shape index (κ1) is 14.7. The maximum atomic E-state index is 12.1. The number of anilines is 2. The summed E-state index contributed by atoms with van der Waals surface area (Å²) in [5.74, 6) is 0.198. The Hall–Kier alpha value is -1.67. The zero-order valence-electron chi connectivity index (χ0n) is 11.2. The Morgan fingerprint density at radius 1 is 1.55 bits per heavy atom.